The van der Waals surface area contributed by atoms with Crippen LogP contribution in [0.2, 0.25) is 0 Å². The quantitative estimate of drug-likeness (QED) is 0.882. The van der Waals surface area contributed by atoms with Crippen LogP contribution in [0.15, 0.2) is 22.7 Å². The number of aromatic nitrogens is 1. The first-order valence-electron chi connectivity index (χ1n) is 6.11. The van der Waals surface area contributed by atoms with Gasteiger partial charge in [-0.25, -0.2) is 4.98 Å². The highest BCUT2D eigenvalue weighted by Gasteiger charge is 2.16. The minimum Gasteiger partial charge on any atom is -0.507 e. The molecule has 1 unspecified atom stereocenters. The zero-order valence-electron chi connectivity index (χ0n) is 11.4. The molecule has 2 N–H and O–H groups in total. The molecule has 0 saturated carbocycles. The van der Waals surface area contributed by atoms with Crippen LogP contribution in [0.5, 0.6) is 5.75 Å². The smallest absolute Gasteiger partial charge is 0.251 e. The Morgan fingerprint density at radius 1 is 1.45 bits per heavy atom. The van der Waals surface area contributed by atoms with E-state index >= 15 is 0 Å². The first-order valence-corrected chi connectivity index (χ1v) is 7.72. The fourth-order valence-electron chi connectivity index (χ4n) is 1.95. The predicted octanol–water partition coefficient (Wildman–Crippen LogP) is 3.72. The molecule has 1 amide bonds. The van der Waals surface area contributed by atoms with E-state index in [1.54, 1.807) is 23.5 Å². The van der Waals surface area contributed by atoms with E-state index in [1.165, 1.54) is 6.07 Å². The summed E-state index contributed by atoms with van der Waals surface area (Å²) in [5.41, 5.74) is 1.37. The molecule has 0 fully saturated rings. The molecule has 20 heavy (non-hydrogen) atoms. The lowest BCUT2D eigenvalue weighted by atomic mass is 10.1. The van der Waals surface area contributed by atoms with Gasteiger partial charge in [0.2, 0.25) is 0 Å². The number of phenols is 1. The molecule has 2 rings (SSSR count). The molecule has 0 bridgehead atoms. The lowest BCUT2D eigenvalue weighted by Gasteiger charge is -2.13. The van der Waals surface area contributed by atoms with Crippen molar-refractivity contribution in [3.05, 3.63) is 43.8 Å². The monoisotopic (exact) mass is 354 g/mol. The normalized spacial score (nSPS) is 12.2. The zero-order valence-corrected chi connectivity index (χ0v) is 13.8. The molecule has 0 aliphatic rings. The number of halogens is 1. The van der Waals surface area contributed by atoms with Gasteiger partial charge in [-0.05, 0) is 54.9 Å². The largest absolute Gasteiger partial charge is 0.507 e. The zero-order chi connectivity index (χ0) is 14.9. The van der Waals surface area contributed by atoms with Crippen molar-refractivity contribution in [3.63, 3.8) is 0 Å². The second-order valence-electron chi connectivity index (χ2n) is 4.54. The van der Waals surface area contributed by atoms with Gasteiger partial charge >= 0.3 is 0 Å². The minimum absolute atomic E-state index is 0.0510. The van der Waals surface area contributed by atoms with Gasteiger partial charge in [0.15, 0.2) is 0 Å². The van der Waals surface area contributed by atoms with Gasteiger partial charge in [0.05, 0.1) is 21.2 Å². The van der Waals surface area contributed by atoms with Crippen LogP contribution in [-0.2, 0) is 0 Å². The highest BCUT2D eigenvalue weighted by Crippen LogP contribution is 2.26. The van der Waals surface area contributed by atoms with E-state index in [-0.39, 0.29) is 17.7 Å². The number of benzene rings is 1. The topological polar surface area (TPSA) is 62.2 Å². The highest BCUT2D eigenvalue weighted by atomic mass is 79.9. The molecule has 1 atom stereocenters. The predicted molar refractivity (Wildman–Crippen MR) is 83.3 cm³/mol. The molecule has 1 aromatic carbocycles. The number of carbonyl (C=O) groups excluding carboxylic acids is 1. The molecule has 2 aromatic rings. The number of carbonyl (C=O) groups is 1. The van der Waals surface area contributed by atoms with E-state index in [1.807, 2.05) is 20.8 Å². The van der Waals surface area contributed by atoms with Gasteiger partial charge in [-0.15, -0.1) is 11.3 Å². The minimum atomic E-state index is -0.217. The molecular formula is C14H15BrN2O2S. The van der Waals surface area contributed by atoms with Gasteiger partial charge in [-0.1, -0.05) is 0 Å². The van der Waals surface area contributed by atoms with Crippen molar-refractivity contribution in [3.8, 4) is 5.75 Å². The number of phenolic OH excluding ortho intramolecular Hbond substituents is 1. The van der Waals surface area contributed by atoms with Crippen molar-refractivity contribution in [1.82, 2.24) is 10.3 Å². The Hall–Kier alpha value is -1.40. The number of hydrogen-bond acceptors (Lipinski definition) is 4. The van der Waals surface area contributed by atoms with E-state index in [9.17, 15) is 9.90 Å². The second kappa shape index (κ2) is 5.93. The number of thiazole rings is 1. The molecule has 1 aromatic heterocycles. The van der Waals surface area contributed by atoms with Gasteiger partial charge in [-0.3, -0.25) is 4.79 Å². The van der Waals surface area contributed by atoms with Crippen molar-refractivity contribution < 1.29 is 9.90 Å². The van der Waals surface area contributed by atoms with Crippen molar-refractivity contribution >= 4 is 33.2 Å². The first kappa shape index (κ1) is 15.0. The van der Waals surface area contributed by atoms with Crippen LogP contribution in [0.25, 0.3) is 0 Å². The van der Waals surface area contributed by atoms with E-state index in [2.05, 4.69) is 26.2 Å². The van der Waals surface area contributed by atoms with Crippen molar-refractivity contribution in [2.24, 2.45) is 0 Å². The molecular weight excluding hydrogens is 340 g/mol. The third-order valence-electron chi connectivity index (χ3n) is 2.89. The number of aryl methyl sites for hydroxylation is 2. The van der Waals surface area contributed by atoms with Crippen LogP contribution >= 0.6 is 27.3 Å². The van der Waals surface area contributed by atoms with E-state index in [4.69, 9.17) is 0 Å². The number of nitrogens with zero attached hydrogens (tertiary/aromatic N) is 1. The Kier molecular flexibility index (Phi) is 4.45. The SMILES string of the molecule is Cc1nc(C)c(C(C)NC(=O)c2ccc(Br)c(O)c2)s1. The standard InChI is InChI=1S/C14H15BrN2O2S/c1-7-13(20-9(3)16-7)8(2)17-14(19)10-4-5-11(15)12(18)6-10/h4-6,8,18H,1-3H3,(H,17,19). The Morgan fingerprint density at radius 2 is 2.15 bits per heavy atom. The number of nitrogens with one attached hydrogen (secondary N) is 1. The van der Waals surface area contributed by atoms with Crippen LogP contribution in [-0.4, -0.2) is 16.0 Å². The molecule has 1 heterocycles. The van der Waals surface area contributed by atoms with E-state index in [0.717, 1.165) is 15.6 Å². The first-order chi connectivity index (χ1) is 9.38. The fraction of sp³-hybridized carbons (Fsp3) is 0.286. The molecule has 4 nitrogen and oxygen atoms in total. The maximum Gasteiger partial charge on any atom is 0.251 e. The summed E-state index contributed by atoms with van der Waals surface area (Å²) >= 11 is 4.77. The molecule has 0 aliphatic carbocycles. The van der Waals surface area contributed by atoms with Crippen LogP contribution < -0.4 is 5.32 Å². The van der Waals surface area contributed by atoms with Gasteiger partial charge in [0.25, 0.3) is 5.91 Å². The summed E-state index contributed by atoms with van der Waals surface area (Å²) in [5, 5.41) is 13.5. The number of aromatic hydroxyl groups is 1. The Morgan fingerprint density at radius 3 is 2.70 bits per heavy atom. The van der Waals surface area contributed by atoms with Crippen molar-refractivity contribution in [1.29, 1.82) is 0 Å². The van der Waals surface area contributed by atoms with Crippen LogP contribution in [0.4, 0.5) is 0 Å². The lowest BCUT2D eigenvalue weighted by molar-refractivity contribution is 0.0940. The van der Waals surface area contributed by atoms with Gasteiger partial charge in [0.1, 0.15) is 5.75 Å². The maximum absolute atomic E-state index is 12.2. The Labute approximate surface area is 130 Å². The molecule has 0 radical (unpaired) electrons. The van der Waals surface area contributed by atoms with Gasteiger partial charge < -0.3 is 10.4 Å². The summed E-state index contributed by atoms with van der Waals surface area (Å²) < 4.78 is 0.566. The average Bonchev–Trinajstić information content (AvgIpc) is 2.71. The maximum atomic E-state index is 12.2. The highest BCUT2D eigenvalue weighted by molar-refractivity contribution is 9.10. The summed E-state index contributed by atoms with van der Waals surface area (Å²) in [6.07, 6.45) is 0. The number of rotatable bonds is 3. The summed E-state index contributed by atoms with van der Waals surface area (Å²) in [5.74, 6) is -0.166. The van der Waals surface area contributed by atoms with Crippen molar-refractivity contribution in [2.45, 2.75) is 26.8 Å². The summed E-state index contributed by atoms with van der Waals surface area (Å²) in [6, 6.07) is 4.64. The van der Waals surface area contributed by atoms with Crippen LogP contribution in [0.1, 0.15) is 38.9 Å². The summed E-state index contributed by atoms with van der Waals surface area (Å²) in [4.78, 5) is 17.6. The summed E-state index contributed by atoms with van der Waals surface area (Å²) in [7, 11) is 0. The average molecular weight is 355 g/mol. The summed E-state index contributed by atoms with van der Waals surface area (Å²) in [6.45, 7) is 5.81. The molecule has 6 heteroatoms. The molecule has 0 spiro atoms. The third-order valence-corrected chi connectivity index (χ3v) is 4.81. The third kappa shape index (κ3) is 3.19. The number of amides is 1. The van der Waals surface area contributed by atoms with E-state index in [0.29, 0.717) is 10.0 Å². The van der Waals surface area contributed by atoms with Gasteiger partial charge in [-0.2, -0.15) is 0 Å². The molecule has 106 valence electrons. The molecule has 0 saturated heterocycles. The Balaban J connectivity index is 2.15. The fourth-order valence-corrected chi connectivity index (χ4v) is 3.12. The van der Waals surface area contributed by atoms with Crippen LogP contribution in [0, 0.1) is 13.8 Å². The van der Waals surface area contributed by atoms with Crippen molar-refractivity contribution in [2.75, 3.05) is 0 Å². The number of hydrogen-bond donors (Lipinski definition) is 2. The Bertz CT molecular complexity index is 655. The molecule has 0 aliphatic heterocycles. The van der Waals surface area contributed by atoms with Crippen LogP contribution in [0.3, 0.4) is 0 Å². The lowest BCUT2D eigenvalue weighted by Crippen LogP contribution is -2.26. The second-order valence-corrected chi connectivity index (χ2v) is 6.63. The van der Waals surface area contributed by atoms with E-state index < -0.39 is 0 Å². The van der Waals surface area contributed by atoms with Gasteiger partial charge in [0, 0.05) is 10.4 Å².